The molecule has 28 heavy (non-hydrogen) atoms. The number of primary sulfonamides is 1. The van der Waals surface area contributed by atoms with Gasteiger partial charge >= 0.3 is 5.97 Å². The Labute approximate surface area is 166 Å². The molecule has 0 spiro atoms. The van der Waals surface area contributed by atoms with Crippen molar-refractivity contribution in [2.24, 2.45) is 5.14 Å². The third kappa shape index (κ3) is 5.23. The van der Waals surface area contributed by atoms with E-state index >= 15 is 0 Å². The topological polar surface area (TPSA) is 116 Å². The van der Waals surface area contributed by atoms with Gasteiger partial charge in [-0.3, -0.25) is 4.79 Å². The molecule has 1 atom stereocenters. The van der Waals surface area contributed by atoms with Gasteiger partial charge in [0.05, 0.1) is 12.0 Å². The second-order valence-corrected chi connectivity index (χ2v) is 8.43. The van der Waals surface area contributed by atoms with E-state index < -0.39 is 22.1 Å². The molecule has 1 aliphatic carbocycles. The smallest absolute Gasteiger partial charge is 0.342 e. The molecule has 1 aromatic rings. The normalized spacial score (nSPS) is 16.3. The van der Waals surface area contributed by atoms with E-state index in [2.05, 4.69) is 0 Å². The van der Waals surface area contributed by atoms with Gasteiger partial charge in [0.2, 0.25) is 10.0 Å². The van der Waals surface area contributed by atoms with E-state index in [1.807, 2.05) is 6.92 Å². The standard InChI is InChI=1S/C19H28N2O6S/c1-4-21(14-8-6-5-7-9-14)18(22)13(2)27-19(23)16-12-15(28(20,24)25)10-11-17(16)26-3/h10-14H,4-9H2,1-3H3,(H2,20,24,25)/t13-/m0/s1. The molecule has 9 heteroatoms. The fourth-order valence-corrected chi connectivity index (χ4v) is 4.06. The van der Waals surface area contributed by atoms with Crippen molar-refractivity contribution in [1.29, 1.82) is 0 Å². The number of rotatable bonds is 7. The summed E-state index contributed by atoms with van der Waals surface area (Å²) in [5, 5.41) is 5.13. The first-order chi connectivity index (χ1) is 13.2. The zero-order valence-corrected chi connectivity index (χ0v) is 17.3. The second kappa shape index (κ2) is 9.38. The lowest BCUT2D eigenvalue weighted by Crippen LogP contribution is -2.46. The Morgan fingerprint density at radius 1 is 1.25 bits per heavy atom. The molecule has 0 bridgehead atoms. The van der Waals surface area contributed by atoms with Gasteiger partial charge in [0.25, 0.3) is 5.91 Å². The van der Waals surface area contributed by atoms with E-state index in [-0.39, 0.29) is 28.2 Å². The number of ether oxygens (including phenoxy) is 2. The van der Waals surface area contributed by atoms with Crippen molar-refractivity contribution in [2.45, 2.75) is 63.0 Å². The average molecular weight is 413 g/mol. The highest BCUT2D eigenvalue weighted by molar-refractivity contribution is 7.89. The van der Waals surface area contributed by atoms with E-state index in [0.717, 1.165) is 31.7 Å². The van der Waals surface area contributed by atoms with Gasteiger partial charge < -0.3 is 14.4 Å². The molecule has 1 fully saturated rings. The van der Waals surface area contributed by atoms with Gasteiger partial charge in [0, 0.05) is 12.6 Å². The van der Waals surface area contributed by atoms with Crippen LogP contribution in [0.5, 0.6) is 5.75 Å². The summed E-state index contributed by atoms with van der Waals surface area (Å²) in [5.74, 6) is -0.969. The van der Waals surface area contributed by atoms with E-state index in [9.17, 15) is 18.0 Å². The third-order valence-corrected chi connectivity index (χ3v) is 5.90. The van der Waals surface area contributed by atoms with Crippen LogP contribution in [-0.4, -0.2) is 51.0 Å². The summed E-state index contributed by atoms with van der Waals surface area (Å²) in [6, 6.07) is 3.81. The van der Waals surface area contributed by atoms with E-state index in [1.165, 1.54) is 32.6 Å². The van der Waals surface area contributed by atoms with Crippen molar-refractivity contribution in [1.82, 2.24) is 4.90 Å². The summed E-state index contributed by atoms with van der Waals surface area (Å²) >= 11 is 0. The number of carbonyl (C=O) groups is 2. The first-order valence-corrected chi connectivity index (χ1v) is 11.0. The lowest BCUT2D eigenvalue weighted by atomic mass is 9.94. The number of likely N-dealkylation sites (N-methyl/N-ethyl adjacent to an activating group) is 1. The Balaban J connectivity index is 2.17. The average Bonchev–Trinajstić information content (AvgIpc) is 2.67. The molecule has 1 aliphatic rings. The summed E-state index contributed by atoms with van der Waals surface area (Å²) in [6.07, 6.45) is 4.24. The van der Waals surface area contributed by atoms with Gasteiger partial charge in [-0.15, -0.1) is 0 Å². The lowest BCUT2D eigenvalue weighted by molar-refractivity contribution is -0.142. The zero-order valence-electron chi connectivity index (χ0n) is 16.5. The van der Waals surface area contributed by atoms with Crippen LogP contribution >= 0.6 is 0 Å². The van der Waals surface area contributed by atoms with Crippen LogP contribution in [0, 0.1) is 0 Å². The Bertz CT molecular complexity index is 818. The first-order valence-electron chi connectivity index (χ1n) is 9.41. The fourth-order valence-electron chi connectivity index (χ4n) is 3.52. The number of amides is 1. The molecule has 0 unspecified atom stereocenters. The predicted octanol–water partition coefficient (Wildman–Crippen LogP) is 2.07. The second-order valence-electron chi connectivity index (χ2n) is 6.87. The van der Waals surface area contributed by atoms with Crippen molar-refractivity contribution in [3.05, 3.63) is 23.8 Å². The van der Waals surface area contributed by atoms with E-state index in [4.69, 9.17) is 14.6 Å². The number of hydrogen-bond donors (Lipinski definition) is 1. The van der Waals surface area contributed by atoms with Gasteiger partial charge in [0.15, 0.2) is 6.10 Å². The molecule has 1 amide bonds. The van der Waals surface area contributed by atoms with Gasteiger partial charge in [0.1, 0.15) is 11.3 Å². The van der Waals surface area contributed by atoms with E-state index in [1.54, 1.807) is 4.90 Å². The van der Waals surface area contributed by atoms with Crippen LogP contribution in [0.2, 0.25) is 0 Å². The largest absolute Gasteiger partial charge is 0.496 e. The number of esters is 1. The van der Waals surface area contributed by atoms with Crippen LogP contribution in [0.3, 0.4) is 0 Å². The number of benzene rings is 1. The molecule has 0 aromatic heterocycles. The molecular weight excluding hydrogens is 384 g/mol. The van der Waals surface area contributed by atoms with Crippen LogP contribution in [0.25, 0.3) is 0 Å². The van der Waals surface area contributed by atoms with Crippen LogP contribution in [0.15, 0.2) is 23.1 Å². The van der Waals surface area contributed by atoms with Gasteiger partial charge in [-0.1, -0.05) is 19.3 Å². The van der Waals surface area contributed by atoms with Gasteiger partial charge in [-0.2, -0.15) is 0 Å². The zero-order chi connectivity index (χ0) is 20.9. The highest BCUT2D eigenvalue weighted by atomic mass is 32.2. The van der Waals surface area contributed by atoms with Crippen LogP contribution in [0.1, 0.15) is 56.3 Å². The van der Waals surface area contributed by atoms with Crippen molar-refractivity contribution in [3.63, 3.8) is 0 Å². The Morgan fingerprint density at radius 3 is 2.43 bits per heavy atom. The highest BCUT2D eigenvalue weighted by Crippen LogP contribution is 2.25. The summed E-state index contributed by atoms with van der Waals surface area (Å²) in [4.78, 5) is 26.9. The molecule has 2 rings (SSSR count). The van der Waals surface area contributed by atoms with Gasteiger partial charge in [-0.25, -0.2) is 18.4 Å². The SMILES string of the molecule is CCN(C(=O)[C@H](C)OC(=O)c1cc(S(N)(=O)=O)ccc1OC)C1CCCCC1. The van der Waals surface area contributed by atoms with Crippen LogP contribution < -0.4 is 9.88 Å². The summed E-state index contributed by atoms with van der Waals surface area (Å²) < 4.78 is 33.6. The molecule has 0 aliphatic heterocycles. The quantitative estimate of drug-likeness (QED) is 0.685. The lowest BCUT2D eigenvalue weighted by Gasteiger charge is -2.35. The number of nitrogens with zero attached hydrogens (tertiary/aromatic N) is 1. The Hall–Kier alpha value is -2.13. The minimum atomic E-state index is -4.00. The molecule has 8 nitrogen and oxygen atoms in total. The van der Waals surface area contributed by atoms with Crippen LogP contribution in [0.4, 0.5) is 0 Å². The summed E-state index contributed by atoms with van der Waals surface area (Å²) in [5.41, 5.74) is -0.102. The molecular formula is C19H28N2O6S. The number of methoxy groups -OCH3 is 1. The molecule has 0 radical (unpaired) electrons. The minimum Gasteiger partial charge on any atom is -0.496 e. The number of carbonyl (C=O) groups excluding carboxylic acids is 2. The molecule has 2 N–H and O–H groups in total. The molecule has 1 saturated carbocycles. The fraction of sp³-hybridized carbons (Fsp3) is 0.579. The highest BCUT2D eigenvalue weighted by Gasteiger charge is 2.30. The summed E-state index contributed by atoms with van der Waals surface area (Å²) in [7, 11) is -2.65. The summed E-state index contributed by atoms with van der Waals surface area (Å²) in [6.45, 7) is 3.96. The molecule has 1 aromatic carbocycles. The number of sulfonamides is 1. The maximum Gasteiger partial charge on any atom is 0.342 e. The van der Waals surface area contributed by atoms with Crippen LogP contribution in [-0.2, 0) is 19.6 Å². The molecule has 156 valence electrons. The first kappa shape index (κ1) is 22.2. The van der Waals surface area contributed by atoms with E-state index in [0.29, 0.717) is 6.54 Å². The number of hydrogen-bond acceptors (Lipinski definition) is 6. The Morgan fingerprint density at radius 2 is 1.89 bits per heavy atom. The molecule has 0 heterocycles. The maximum absolute atomic E-state index is 12.8. The minimum absolute atomic E-state index is 0.102. The van der Waals surface area contributed by atoms with Gasteiger partial charge in [-0.05, 0) is 44.9 Å². The number of nitrogens with two attached hydrogens (primary N) is 1. The Kier molecular flexibility index (Phi) is 7.42. The van der Waals surface area contributed by atoms with Crippen molar-refractivity contribution in [2.75, 3.05) is 13.7 Å². The predicted molar refractivity (Wildman–Crippen MR) is 104 cm³/mol. The van der Waals surface area contributed by atoms with Crippen molar-refractivity contribution >= 4 is 21.9 Å². The van der Waals surface area contributed by atoms with Crippen molar-refractivity contribution in [3.8, 4) is 5.75 Å². The maximum atomic E-state index is 12.8. The van der Waals surface area contributed by atoms with Crippen molar-refractivity contribution < 1.29 is 27.5 Å². The monoisotopic (exact) mass is 412 g/mol. The third-order valence-electron chi connectivity index (χ3n) is 4.99. The molecule has 0 saturated heterocycles.